The van der Waals surface area contributed by atoms with Crippen LogP contribution < -0.4 is 5.32 Å². The third-order valence-corrected chi connectivity index (χ3v) is 4.58. The van der Waals surface area contributed by atoms with Crippen LogP contribution in [-0.2, 0) is 15.1 Å². The summed E-state index contributed by atoms with van der Waals surface area (Å²) in [4.78, 5) is 26.2. The van der Waals surface area contributed by atoms with E-state index in [4.69, 9.17) is 4.74 Å². The van der Waals surface area contributed by atoms with Crippen LogP contribution in [0.4, 0.5) is 4.79 Å². The smallest absolute Gasteiger partial charge is 0.325 e. The number of benzene rings is 1. The van der Waals surface area contributed by atoms with Gasteiger partial charge in [-0.05, 0) is 37.5 Å². The first kappa shape index (κ1) is 14.5. The number of rotatable bonds is 3. The second-order valence-electron chi connectivity index (χ2n) is 5.62. The summed E-state index contributed by atoms with van der Waals surface area (Å²) in [6.07, 6.45) is 1.84. The number of hydrogen-bond donors (Lipinski definition) is 1. The van der Waals surface area contributed by atoms with E-state index in [1.807, 2.05) is 24.3 Å². The van der Waals surface area contributed by atoms with Gasteiger partial charge in [0.25, 0.3) is 5.91 Å². The quantitative estimate of drug-likeness (QED) is 0.849. The molecule has 112 valence electrons. The maximum absolute atomic E-state index is 12.7. The van der Waals surface area contributed by atoms with E-state index in [-0.39, 0.29) is 18.0 Å². The number of halogens is 1. The van der Waals surface area contributed by atoms with Crippen molar-refractivity contribution in [1.29, 1.82) is 0 Å². The lowest BCUT2D eigenvalue weighted by Gasteiger charge is -2.23. The van der Waals surface area contributed by atoms with Crippen LogP contribution in [-0.4, -0.2) is 36.1 Å². The van der Waals surface area contributed by atoms with Crippen molar-refractivity contribution < 1.29 is 14.3 Å². The number of ether oxygens (including phenoxy) is 1. The Morgan fingerprint density at radius 2 is 2.29 bits per heavy atom. The summed E-state index contributed by atoms with van der Waals surface area (Å²) in [5, 5.41) is 2.81. The summed E-state index contributed by atoms with van der Waals surface area (Å²) in [5.41, 5.74) is -0.246. The molecule has 1 N–H and O–H groups in total. The molecule has 0 radical (unpaired) electrons. The van der Waals surface area contributed by atoms with Gasteiger partial charge in [0.2, 0.25) is 0 Å². The number of nitrogens with one attached hydrogen (secondary N) is 1. The molecule has 21 heavy (non-hydrogen) atoms. The molecule has 0 bridgehead atoms. The van der Waals surface area contributed by atoms with Crippen LogP contribution in [0, 0.1) is 0 Å². The lowest BCUT2D eigenvalue weighted by Crippen LogP contribution is -2.42. The number of hydrogen-bond acceptors (Lipinski definition) is 3. The molecule has 0 aliphatic carbocycles. The summed E-state index contributed by atoms with van der Waals surface area (Å²) in [6, 6.07) is 7.09. The molecule has 0 saturated carbocycles. The average molecular weight is 353 g/mol. The largest absolute Gasteiger partial charge is 0.376 e. The molecule has 3 rings (SSSR count). The zero-order valence-corrected chi connectivity index (χ0v) is 13.4. The van der Waals surface area contributed by atoms with Gasteiger partial charge in [-0.2, -0.15) is 0 Å². The van der Waals surface area contributed by atoms with E-state index < -0.39 is 5.54 Å². The van der Waals surface area contributed by atoms with Gasteiger partial charge in [0.05, 0.1) is 12.6 Å². The lowest BCUT2D eigenvalue weighted by atomic mass is 9.92. The van der Waals surface area contributed by atoms with Gasteiger partial charge in [0.1, 0.15) is 5.54 Å². The molecule has 6 heteroatoms. The van der Waals surface area contributed by atoms with E-state index in [9.17, 15) is 9.59 Å². The Morgan fingerprint density at radius 3 is 2.95 bits per heavy atom. The number of imide groups is 1. The van der Waals surface area contributed by atoms with E-state index in [1.165, 1.54) is 4.90 Å². The minimum Gasteiger partial charge on any atom is -0.376 e. The molecular weight excluding hydrogens is 336 g/mol. The highest BCUT2D eigenvalue weighted by Gasteiger charge is 2.49. The van der Waals surface area contributed by atoms with E-state index >= 15 is 0 Å². The van der Waals surface area contributed by atoms with Crippen molar-refractivity contribution in [2.45, 2.75) is 31.4 Å². The van der Waals surface area contributed by atoms with Gasteiger partial charge in [-0.3, -0.25) is 9.69 Å². The van der Waals surface area contributed by atoms with Crippen LogP contribution >= 0.6 is 15.9 Å². The van der Waals surface area contributed by atoms with Crippen LogP contribution in [0.5, 0.6) is 0 Å². The van der Waals surface area contributed by atoms with Crippen LogP contribution in [0.1, 0.15) is 25.3 Å². The predicted molar refractivity (Wildman–Crippen MR) is 80.7 cm³/mol. The van der Waals surface area contributed by atoms with Crippen molar-refractivity contribution in [3.63, 3.8) is 0 Å². The Hall–Kier alpha value is -1.40. The minimum atomic E-state index is -1.01. The van der Waals surface area contributed by atoms with Crippen LogP contribution in [0.3, 0.4) is 0 Å². The van der Waals surface area contributed by atoms with Crippen molar-refractivity contribution in [3.05, 3.63) is 34.3 Å². The summed E-state index contributed by atoms with van der Waals surface area (Å²) in [7, 11) is 0. The molecule has 1 aromatic carbocycles. The average Bonchev–Trinajstić information content (AvgIpc) is 3.03. The van der Waals surface area contributed by atoms with Gasteiger partial charge < -0.3 is 10.1 Å². The van der Waals surface area contributed by atoms with E-state index in [2.05, 4.69) is 21.2 Å². The summed E-state index contributed by atoms with van der Waals surface area (Å²) >= 11 is 3.40. The molecule has 2 atom stereocenters. The third kappa shape index (κ3) is 2.58. The molecule has 1 aromatic rings. The molecule has 3 amide bonds. The van der Waals surface area contributed by atoms with Crippen molar-refractivity contribution in [2.24, 2.45) is 0 Å². The minimum absolute atomic E-state index is 0.0374. The van der Waals surface area contributed by atoms with E-state index in [1.54, 1.807) is 6.92 Å². The number of nitrogens with zero attached hydrogens (tertiary/aromatic N) is 1. The maximum atomic E-state index is 12.7. The Kier molecular flexibility index (Phi) is 3.75. The molecule has 2 aliphatic rings. The Morgan fingerprint density at radius 1 is 1.48 bits per heavy atom. The number of urea groups is 1. The molecule has 5 nitrogen and oxygen atoms in total. The molecule has 0 spiro atoms. The number of carbonyl (C=O) groups is 2. The second kappa shape index (κ2) is 5.42. The number of carbonyl (C=O) groups excluding carboxylic acids is 2. The normalized spacial score (nSPS) is 29.0. The first-order chi connectivity index (χ1) is 10.0. The van der Waals surface area contributed by atoms with Crippen LogP contribution in [0.15, 0.2) is 28.7 Å². The predicted octanol–water partition coefficient (Wildman–Crippen LogP) is 2.40. The second-order valence-corrected chi connectivity index (χ2v) is 6.53. The highest BCUT2D eigenvalue weighted by atomic mass is 79.9. The molecule has 0 aromatic heterocycles. The van der Waals surface area contributed by atoms with Crippen molar-refractivity contribution in [3.8, 4) is 0 Å². The summed E-state index contributed by atoms with van der Waals surface area (Å²) in [6.45, 7) is 2.77. The van der Waals surface area contributed by atoms with E-state index in [0.29, 0.717) is 13.2 Å². The highest BCUT2D eigenvalue weighted by molar-refractivity contribution is 9.10. The Labute approximate surface area is 131 Å². The fourth-order valence-electron chi connectivity index (χ4n) is 2.85. The summed E-state index contributed by atoms with van der Waals surface area (Å²) < 4.78 is 6.40. The monoisotopic (exact) mass is 352 g/mol. The molecule has 2 heterocycles. The molecule has 2 fully saturated rings. The van der Waals surface area contributed by atoms with Gasteiger partial charge in [0.15, 0.2) is 0 Å². The third-order valence-electron chi connectivity index (χ3n) is 4.09. The zero-order valence-electron chi connectivity index (χ0n) is 11.8. The van der Waals surface area contributed by atoms with Gasteiger partial charge in [-0.1, -0.05) is 28.1 Å². The first-order valence-corrected chi connectivity index (χ1v) is 7.82. The van der Waals surface area contributed by atoms with Gasteiger partial charge in [-0.15, -0.1) is 0 Å². The number of amides is 3. The Bertz CT molecular complexity index is 586. The molecule has 2 aliphatic heterocycles. The Balaban J connectivity index is 1.84. The molecular formula is C15H17BrN2O3. The maximum Gasteiger partial charge on any atom is 0.325 e. The van der Waals surface area contributed by atoms with Gasteiger partial charge in [0, 0.05) is 11.1 Å². The fourth-order valence-corrected chi connectivity index (χ4v) is 3.25. The van der Waals surface area contributed by atoms with Crippen LogP contribution in [0.25, 0.3) is 0 Å². The van der Waals surface area contributed by atoms with Crippen LogP contribution in [0.2, 0.25) is 0 Å². The van der Waals surface area contributed by atoms with Crippen molar-refractivity contribution in [2.75, 3.05) is 13.2 Å². The van der Waals surface area contributed by atoms with E-state index in [0.717, 1.165) is 22.9 Å². The lowest BCUT2D eigenvalue weighted by molar-refractivity contribution is -0.132. The van der Waals surface area contributed by atoms with Crippen molar-refractivity contribution >= 4 is 27.9 Å². The SMILES string of the molecule is C[C@]1(c2cccc(Br)c2)NC(=O)N(C[C@@H]2CCCO2)C1=O. The standard InChI is InChI=1S/C15H17BrN2O3/c1-15(10-4-2-5-11(16)8-10)13(19)18(14(20)17-15)9-12-6-3-7-21-12/h2,4-5,8,12H,3,6-7,9H2,1H3,(H,17,20)/t12-,15+/m0/s1. The molecule has 2 saturated heterocycles. The zero-order chi connectivity index (χ0) is 15.0. The van der Waals surface area contributed by atoms with Gasteiger partial charge in [-0.25, -0.2) is 4.79 Å². The molecule has 0 unspecified atom stereocenters. The van der Waals surface area contributed by atoms with Crippen molar-refractivity contribution in [1.82, 2.24) is 10.2 Å². The highest BCUT2D eigenvalue weighted by Crippen LogP contribution is 2.31. The fraction of sp³-hybridized carbons (Fsp3) is 0.467. The first-order valence-electron chi connectivity index (χ1n) is 7.02. The topological polar surface area (TPSA) is 58.6 Å². The van der Waals surface area contributed by atoms with Gasteiger partial charge >= 0.3 is 6.03 Å². The summed E-state index contributed by atoms with van der Waals surface area (Å²) in [5.74, 6) is -0.221.